The Bertz CT molecular complexity index is 390. The van der Waals surface area contributed by atoms with Crippen LogP contribution in [0.25, 0.3) is 0 Å². The standard InChI is InChI=1S/C11H13NO4/c1-2-3-6-16-11-5-4-10(12(14)15)7-9(11)8-13/h4-5,7-8H,2-3,6H2,1H3. The number of rotatable bonds is 6. The first-order valence-electron chi connectivity index (χ1n) is 5.05. The van der Waals surface area contributed by atoms with Crippen molar-refractivity contribution in [2.24, 2.45) is 0 Å². The molecule has 0 aliphatic rings. The summed E-state index contributed by atoms with van der Waals surface area (Å²) in [5.41, 5.74) is 0.107. The van der Waals surface area contributed by atoms with Crippen molar-refractivity contribution >= 4 is 12.0 Å². The van der Waals surface area contributed by atoms with Crippen LogP contribution in [0.4, 0.5) is 5.69 Å². The van der Waals surface area contributed by atoms with Gasteiger partial charge in [-0.3, -0.25) is 14.9 Å². The van der Waals surface area contributed by atoms with Crippen molar-refractivity contribution in [1.29, 1.82) is 0 Å². The van der Waals surface area contributed by atoms with Crippen molar-refractivity contribution in [3.05, 3.63) is 33.9 Å². The fraction of sp³-hybridized carbons (Fsp3) is 0.364. The van der Waals surface area contributed by atoms with Gasteiger partial charge in [-0.2, -0.15) is 0 Å². The van der Waals surface area contributed by atoms with Crippen molar-refractivity contribution in [2.45, 2.75) is 19.8 Å². The number of hydrogen-bond donors (Lipinski definition) is 0. The summed E-state index contributed by atoms with van der Waals surface area (Å²) in [7, 11) is 0. The van der Waals surface area contributed by atoms with Gasteiger partial charge >= 0.3 is 0 Å². The van der Waals surface area contributed by atoms with Crippen LogP contribution in [0.15, 0.2) is 18.2 Å². The van der Waals surface area contributed by atoms with Crippen LogP contribution in [0.5, 0.6) is 5.75 Å². The van der Waals surface area contributed by atoms with Gasteiger partial charge in [0.1, 0.15) is 5.75 Å². The molecule has 0 radical (unpaired) electrons. The second kappa shape index (κ2) is 5.85. The van der Waals surface area contributed by atoms with Gasteiger partial charge in [-0.25, -0.2) is 0 Å². The Morgan fingerprint density at radius 3 is 2.81 bits per heavy atom. The van der Waals surface area contributed by atoms with Crippen LogP contribution in [0.2, 0.25) is 0 Å². The Kier molecular flexibility index (Phi) is 4.44. The zero-order chi connectivity index (χ0) is 12.0. The fourth-order valence-electron chi connectivity index (χ4n) is 1.20. The van der Waals surface area contributed by atoms with Crippen molar-refractivity contribution in [1.82, 2.24) is 0 Å². The van der Waals surface area contributed by atoms with E-state index in [9.17, 15) is 14.9 Å². The summed E-state index contributed by atoms with van der Waals surface area (Å²) in [6.07, 6.45) is 2.44. The molecule has 0 N–H and O–H groups in total. The van der Waals surface area contributed by atoms with E-state index in [-0.39, 0.29) is 11.3 Å². The van der Waals surface area contributed by atoms with Gasteiger partial charge in [0, 0.05) is 12.1 Å². The van der Waals surface area contributed by atoms with Gasteiger partial charge in [-0.1, -0.05) is 13.3 Å². The van der Waals surface area contributed by atoms with Crippen molar-refractivity contribution in [3.8, 4) is 5.75 Å². The molecule has 0 unspecified atom stereocenters. The Hall–Kier alpha value is -1.91. The van der Waals surface area contributed by atoms with Crippen molar-refractivity contribution in [2.75, 3.05) is 6.61 Å². The first-order chi connectivity index (χ1) is 7.69. The highest BCUT2D eigenvalue weighted by Crippen LogP contribution is 2.22. The molecular weight excluding hydrogens is 210 g/mol. The summed E-state index contributed by atoms with van der Waals surface area (Å²) >= 11 is 0. The molecule has 0 bridgehead atoms. The molecule has 0 aliphatic carbocycles. The molecule has 0 fully saturated rings. The van der Waals surface area contributed by atoms with Crippen LogP contribution < -0.4 is 4.74 Å². The largest absolute Gasteiger partial charge is 0.493 e. The summed E-state index contributed by atoms with van der Waals surface area (Å²) in [5, 5.41) is 10.5. The van der Waals surface area contributed by atoms with E-state index in [1.165, 1.54) is 18.2 Å². The lowest BCUT2D eigenvalue weighted by Crippen LogP contribution is -2.00. The summed E-state index contributed by atoms with van der Waals surface area (Å²) in [6, 6.07) is 4.00. The zero-order valence-electron chi connectivity index (χ0n) is 9.01. The second-order valence-electron chi connectivity index (χ2n) is 3.30. The van der Waals surface area contributed by atoms with Crippen LogP contribution in [-0.4, -0.2) is 17.8 Å². The summed E-state index contributed by atoms with van der Waals surface area (Å²) < 4.78 is 5.35. The fourth-order valence-corrected chi connectivity index (χ4v) is 1.20. The van der Waals surface area contributed by atoms with E-state index in [0.717, 1.165) is 12.8 Å². The Morgan fingerprint density at radius 2 is 2.25 bits per heavy atom. The molecule has 0 saturated carbocycles. The molecule has 0 atom stereocenters. The predicted octanol–water partition coefficient (Wildman–Crippen LogP) is 2.59. The van der Waals surface area contributed by atoms with E-state index in [4.69, 9.17) is 4.74 Å². The highest BCUT2D eigenvalue weighted by Gasteiger charge is 2.10. The molecule has 1 aromatic rings. The number of carbonyl (C=O) groups is 1. The lowest BCUT2D eigenvalue weighted by Gasteiger charge is -2.07. The maximum absolute atomic E-state index is 10.7. The van der Waals surface area contributed by atoms with Crippen LogP contribution in [0.3, 0.4) is 0 Å². The Labute approximate surface area is 93.2 Å². The Morgan fingerprint density at radius 1 is 1.50 bits per heavy atom. The molecule has 86 valence electrons. The zero-order valence-corrected chi connectivity index (χ0v) is 9.01. The van der Waals surface area contributed by atoms with Gasteiger partial charge in [-0.05, 0) is 12.5 Å². The lowest BCUT2D eigenvalue weighted by atomic mass is 10.2. The summed E-state index contributed by atoms with van der Waals surface area (Å²) in [5.74, 6) is 0.397. The number of nitro groups is 1. The van der Waals surface area contributed by atoms with Crippen LogP contribution >= 0.6 is 0 Å². The van der Waals surface area contributed by atoms with E-state index >= 15 is 0 Å². The molecule has 16 heavy (non-hydrogen) atoms. The number of unbranched alkanes of at least 4 members (excludes halogenated alkanes) is 1. The van der Waals surface area contributed by atoms with E-state index in [1.54, 1.807) is 0 Å². The molecule has 0 saturated heterocycles. The monoisotopic (exact) mass is 223 g/mol. The van der Waals surface area contributed by atoms with Gasteiger partial charge in [0.15, 0.2) is 6.29 Å². The maximum atomic E-state index is 10.7. The molecule has 0 heterocycles. The van der Waals surface area contributed by atoms with Crippen molar-refractivity contribution < 1.29 is 14.5 Å². The number of carbonyl (C=O) groups excluding carboxylic acids is 1. The second-order valence-corrected chi connectivity index (χ2v) is 3.30. The van der Waals surface area contributed by atoms with Gasteiger partial charge in [0.05, 0.1) is 17.1 Å². The maximum Gasteiger partial charge on any atom is 0.270 e. The third kappa shape index (κ3) is 3.05. The third-order valence-corrected chi connectivity index (χ3v) is 2.09. The van der Waals surface area contributed by atoms with Gasteiger partial charge in [0.2, 0.25) is 0 Å². The minimum absolute atomic E-state index is 0.107. The smallest absolute Gasteiger partial charge is 0.270 e. The molecule has 5 heteroatoms. The quantitative estimate of drug-likeness (QED) is 0.321. The number of benzene rings is 1. The number of non-ortho nitro benzene ring substituents is 1. The van der Waals surface area contributed by atoms with Crippen LogP contribution in [0.1, 0.15) is 30.1 Å². The molecular formula is C11H13NO4. The number of nitrogens with zero attached hydrogens (tertiary/aromatic N) is 1. The molecule has 5 nitrogen and oxygen atoms in total. The van der Waals surface area contributed by atoms with Gasteiger partial charge in [0.25, 0.3) is 5.69 Å². The number of nitro benzene ring substituents is 1. The SMILES string of the molecule is CCCCOc1ccc([N+](=O)[O-])cc1C=O. The number of aldehydes is 1. The Balaban J connectivity index is 2.84. The average Bonchev–Trinajstić information content (AvgIpc) is 2.29. The van der Waals surface area contributed by atoms with Crippen LogP contribution in [-0.2, 0) is 0 Å². The summed E-state index contributed by atoms with van der Waals surface area (Å²) in [6.45, 7) is 2.54. The van der Waals surface area contributed by atoms with Crippen LogP contribution in [0, 0.1) is 10.1 Å². The predicted molar refractivity (Wildman–Crippen MR) is 58.9 cm³/mol. The van der Waals surface area contributed by atoms with E-state index in [1.807, 2.05) is 6.92 Å². The average molecular weight is 223 g/mol. The topological polar surface area (TPSA) is 69.4 Å². The third-order valence-electron chi connectivity index (χ3n) is 2.09. The lowest BCUT2D eigenvalue weighted by molar-refractivity contribution is -0.384. The van der Waals surface area contributed by atoms with E-state index in [2.05, 4.69) is 0 Å². The van der Waals surface area contributed by atoms with Gasteiger partial charge < -0.3 is 4.74 Å². The number of hydrogen-bond acceptors (Lipinski definition) is 4. The first kappa shape index (κ1) is 12.2. The normalized spacial score (nSPS) is 9.81. The molecule has 1 aromatic carbocycles. The molecule has 0 aromatic heterocycles. The van der Waals surface area contributed by atoms with E-state index in [0.29, 0.717) is 18.6 Å². The van der Waals surface area contributed by atoms with Crippen molar-refractivity contribution in [3.63, 3.8) is 0 Å². The minimum Gasteiger partial charge on any atom is -0.493 e. The highest BCUT2D eigenvalue weighted by molar-refractivity contribution is 5.80. The molecule has 0 aliphatic heterocycles. The molecule has 0 spiro atoms. The van der Waals surface area contributed by atoms with E-state index < -0.39 is 4.92 Å². The first-order valence-corrected chi connectivity index (χ1v) is 5.05. The highest BCUT2D eigenvalue weighted by atomic mass is 16.6. The minimum atomic E-state index is -0.539. The molecule has 0 amide bonds. The number of ether oxygens (including phenoxy) is 1. The van der Waals surface area contributed by atoms with Gasteiger partial charge in [-0.15, -0.1) is 0 Å². The molecule has 1 rings (SSSR count). The summed E-state index contributed by atoms with van der Waals surface area (Å²) in [4.78, 5) is 20.7.